The highest BCUT2D eigenvalue weighted by Gasteiger charge is 2.17. The molecule has 3 N–H and O–H groups in total. The molecule has 0 radical (unpaired) electrons. The minimum atomic E-state index is -3.46. The first-order valence-electron chi connectivity index (χ1n) is 12.4. The number of ether oxygens (including phenoxy) is 1. The minimum Gasteiger partial charge on any atom is -0.508 e. The van der Waals surface area contributed by atoms with Gasteiger partial charge in [0.05, 0.1) is 5.75 Å². The molecule has 7 nitrogen and oxygen atoms in total. The summed E-state index contributed by atoms with van der Waals surface area (Å²) in [5.74, 6) is 1.53. The summed E-state index contributed by atoms with van der Waals surface area (Å²) >= 11 is 0. The van der Waals surface area contributed by atoms with E-state index in [1.807, 2.05) is 24.3 Å². The number of nitrogens with one attached hydrogen (secondary N) is 1. The lowest BCUT2D eigenvalue weighted by Gasteiger charge is -2.26. The topological polar surface area (TPSA) is 99.1 Å². The second-order valence-electron chi connectivity index (χ2n) is 9.34. The quantitative estimate of drug-likeness (QED) is 0.267. The fraction of sp³-hybridized carbons (Fsp3) is 0.241. The summed E-state index contributed by atoms with van der Waals surface area (Å²) < 4.78 is 34.2. The van der Waals surface area contributed by atoms with Crippen LogP contribution in [0.5, 0.6) is 23.0 Å². The third-order valence-electron chi connectivity index (χ3n) is 6.60. The fourth-order valence-corrected chi connectivity index (χ4v) is 5.73. The van der Waals surface area contributed by atoms with Gasteiger partial charge in [-0.1, -0.05) is 24.6 Å². The Morgan fingerprint density at radius 2 is 1.51 bits per heavy atom. The number of likely N-dealkylation sites (tertiary alicyclic amines) is 1. The highest BCUT2D eigenvalue weighted by atomic mass is 32.2. The summed E-state index contributed by atoms with van der Waals surface area (Å²) in [5, 5.41) is 21.3. The molecule has 1 aliphatic heterocycles. The van der Waals surface area contributed by atoms with Gasteiger partial charge in [-0.2, -0.15) is 0 Å². The number of benzene rings is 4. The van der Waals surface area contributed by atoms with Crippen LogP contribution in [-0.4, -0.2) is 48.9 Å². The zero-order chi connectivity index (χ0) is 25.8. The SMILES string of the molecule is O=S(=O)(CCN1CCCCC1)Nc1ccc(Oc2c(-c3ccc(O)cc3)ccc3cc(O)ccc23)cc1. The van der Waals surface area contributed by atoms with Crippen LogP contribution in [0.4, 0.5) is 5.69 Å². The number of sulfonamides is 1. The third kappa shape index (κ3) is 6.15. The van der Waals surface area contributed by atoms with Crippen molar-refractivity contribution in [1.82, 2.24) is 4.90 Å². The summed E-state index contributed by atoms with van der Waals surface area (Å²) in [4.78, 5) is 2.20. The van der Waals surface area contributed by atoms with Crippen LogP contribution in [0.2, 0.25) is 0 Å². The molecule has 1 fully saturated rings. The smallest absolute Gasteiger partial charge is 0.233 e. The number of hydrogen-bond acceptors (Lipinski definition) is 6. The van der Waals surface area contributed by atoms with Crippen molar-refractivity contribution in [3.63, 3.8) is 0 Å². The van der Waals surface area contributed by atoms with Gasteiger partial charge in [0.25, 0.3) is 0 Å². The Hall–Kier alpha value is -3.75. The summed E-state index contributed by atoms with van der Waals surface area (Å²) in [6.45, 7) is 2.45. The van der Waals surface area contributed by atoms with Crippen molar-refractivity contribution in [3.05, 3.63) is 78.9 Å². The van der Waals surface area contributed by atoms with Gasteiger partial charge >= 0.3 is 0 Å². The summed E-state index contributed by atoms with van der Waals surface area (Å²) in [6, 6.07) is 22.6. The normalized spacial score (nSPS) is 14.5. The molecule has 0 atom stereocenters. The van der Waals surface area contributed by atoms with Crippen molar-refractivity contribution < 1.29 is 23.4 Å². The van der Waals surface area contributed by atoms with Crippen molar-refractivity contribution in [3.8, 4) is 34.1 Å². The van der Waals surface area contributed by atoms with E-state index in [4.69, 9.17) is 4.74 Å². The molecular weight excluding hydrogens is 488 g/mol. The van der Waals surface area contributed by atoms with E-state index in [2.05, 4.69) is 9.62 Å². The average Bonchev–Trinajstić information content (AvgIpc) is 2.90. The van der Waals surface area contributed by atoms with Crippen molar-refractivity contribution in [2.24, 2.45) is 0 Å². The number of fused-ring (bicyclic) bond motifs is 1. The van der Waals surface area contributed by atoms with E-state index in [1.54, 1.807) is 54.6 Å². The van der Waals surface area contributed by atoms with E-state index >= 15 is 0 Å². The van der Waals surface area contributed by atoms with E-state index in [9.17, 15) is 18.6 Å². The lowest BCUT2D eigenvalue weighted by Crippen LogP contribution is -2.35. The molecule has 192 valence electrons. The van der Waals surface area contributed by atoms with Crippen LogP contribution in [0.25, 0.3) is 21.9 Å². The van der Waals surface area contributed by atoms with Crippen LogP contribution in [0, 0.1) is 0 Å². The number of phenols is 2. The Labute approximate surface area is 217 Å². The number of piperidine rings is 1. The van der Waals surface area contributed by atoms with Crippen LogP contribution >= 0.6 is 0 Å². The zero-order valence-corrected chi connectivity index (χ0v) is 21.2. The maximum Gasteiger partial charge on any atom is 0.233 e. The number of aromatic hydroxyl groups is 2. The number of nitrogens with zero attached hydrogens (tertiary/aromatic N) is 1. The van der Waals surface area contributed by atoms with E-state index in [-0.39, 0.29) is 17.3 Å². The van der Waals surface area contributed by atoms with Gasteiger partial charge < -0.3 is 19.8 Å². The second-order valence-corrected chi connectivity index (χ2v) is 11.2. The highest BCUT2D eigenvalue weighted by Crippen LogP contribution is 2.41. The van der Waals surface area contributed by atoms with Gasteiger partial charge in [0.2, 0.25) is 10.0 Å². The Kier molecular flexibility index (Phi) is 7.21. The molecule has 0 aromatic heterocycles. The minimum absolute atomic E-state index is 0.0596. The molecule has 0 spiro atoms. The van der Waals surface area contributed by atoms with Crippen LogP contribution in [-0.2, 0) is 10.0 Å². The molecule has 4 aromatic carbocycles. The zero-order valence-electron chi connectivity index (χ0n) is 20.4. The molecule has 1 saturated heterocycles. The fourth-order valence-electron chi connectivity index (χ4n) is 4.64. The van der Waals surface area contributed by atoms with Crippen LogP contribution in [0.1, 0.15) is 19.3 Å². The second kappa shape index (κ2) is 10.7. The maximum atomic E-state index is 12.6. The lowest BCUT2D eigenvalue weighted by molar-refractivity contribution is 0.241. The van der Waals surface area contributed by atoms with Gasteiger partial charge in [0, 0.05) is 23.2 Å². The van der Waals surface area contributed by atoms with E-state index in [1.165, 1.54) is 6.42 Å². The van der Waals surface area contributed by atoms with Gasteiger partial charge in [0.15, 0.2) is 0 Å². The molecule has 0 unspecified atom stereocenters. The van der Waals surface area contributed by atoms with Crippen molar-refractivity contribution in [2.45, 2.75) is 19.3 Å². The molecule has 1 aliphatic rings. The molecule has 0 bridgehead atoms. The maximum absolute atomic E-state index is 12.6. The van der Waals surface area contributed by atoms with E-state index in [0.717, 1.165) is 47.8 Å². The molecule has 0 saturated carbocycles. The third-order valence-corrected chi connectivity index (χ3v) is 7.87. The van der Waals surface area contributed by atoms with Crippen LogP contribution in [0.3, 0.4) is 0 Å². The van der Waals surface area contributed by atoms with Gasteiger partial charge in [-0.15, -0.1) is 0 Å². The molecule has 1 heterocycles. The monoisotopic (exact) mass is 518 g/mol. The average molecular weight is 519 g/mol. The molecule has 5 rings (SSSR count). The van der Waals surface area contributed by atoms with Gasteiger partial charge in [-0.25, -0.2) is 8.42 Å². The molecule has 0 amide bonds. The first-order chi connectivity index (χ1) is 17.9. The van der Waals surface area contributed by atoms with Gasteiger partial charge in [-0.3, -0.25) is 4.72 Å². The summed E-state index contributed by atoms with van der Waals surface area (Å²) in [6.07, 6.45) is 3.47. The van der Waals surface area contributed by atoms with Crippen molar-refractivity contribution in [1.29, 1.82) is 0 Å². The standard InChI is InChI=1S/C29H30N2O5S/c32-24-9-4-21(5-10-24)27-14-6-22-20-25(33)11-15-28(22)29(27)36-26-12-7-23(8-13-26)30-37(34,35)19-18-31-16-2-1-3-17-31/h4-15,20,30,32-33H,1-3,16-19H2. The molecule has 0 aliphatic carbocycles. The molecule has 4 aromatic rings. The van der Waals surface area contributed by atoms with Gasteiger partial charge in [-0.05, 0) is 97.5 Å². The number of phenolic OH excluding ortho intramolecular Hbond substituents is 2. The summed E-state index contributed by atoms with van der Waals surface area (Å²) in [5.41, 5.74) is 2.16. The number of hydrogen-bond donors (Lipinski definition) is 3. The first kappa shape index (κ1) is 24.9. The predicted octanol–water partition coefficient (Wildman–Crippen LogP) is 5.94. The van der Waals surface area contributed by atoms with Crippen molar-refractivity contribution >= 4 is 26.5 Å². The van der Waals surface area contributed by atoms with E-state index < -0.39 is 10.0 Å². The van der Waals surface area contributed by atoms with Gasteiger partial charge in [0.1, 0.15) is 23.0 Å². The summed E-state index contributed by atoms with van der Waals surface area (Å²) in [7, 11) is -3.46. The molecule has 37 heavy (non-hydrogen) atoms. The number of anilines is 1. The first-order valence-corrected chi connectivity index (χ1v) is 14.1. The molecule has 8 heteroatoms. The molecular formula is C29H30N2O5S. The predicted molar refractivity (Wildman–Crippen MR) is 147 cm³/mol. The largest absolute Gasteiger partial charge is 0.508 e. The Morgan fingerprint density at radius 1 is 0.811 bits per heavy atom. The van der Waals surface area contributed by atoms with Crippen LogP contribution in [0.15, 0.2) is 78.9 Å². The Morgan fingerprint density at radius 3 is 2.24 bits per heavy atom. The van der Waals surface area contributed by atoms with E-state index in [0.29, 0.717) is 23.7 Å². The Balaban J connectivity index is 1.36. The highest BCUT2D eigenvalue weighted by molar-refractivity contribution is 7.92. The van der Waals surface area contributed by atoms with Crippen molar-refractivity contribution in [2.75, 3.05) is 30.1 Å². The lowest BCUT2D eigenvalue weighted by atomic mass is 9.99. The Bertz CT molecular complexity index is 1480. The number of rotatable bonds is 8. The van der Waals surface area contributed by atoms with Crippen LogP contribution < -0.4 is 9.46 Å².